The van der Waals surface area contributed by atoms with E-state index in [4.69, 9.17) is 34.8 Å². The van der Waals surface area contributed by atoms with Gasteiger partial charge in [0.05, 0.1) is 22.5 Å². The van der Waals surface area contributed by atoms with E-state index >= 15 is 0 Å². The Morgan fingerprint density at radius 1 is 1.30 bits per heavy atom. The van der Waals surface area contributed by atoms with Crippen molar-refractivity contribution in [2.24, 2.45) is 0 Å². The highest BCUT2D eigenvalue weighted by molar-refractivity contribution is 8.00. The molecule has 7 heteroatoms. The van der Waals surface area contributed by atoms with Crippen molar-refractivity contribution < 1.29 is 9.18 Å². The summed E-state index contributed by atoms with van der Waals surface area (Å²) in [5.41, 5.74) is 0.338. The highest BCUT2D eigenvalue weighted by Crippen LogP contribution is 2.48. The molecule has 0 aromatic heterocycles. The number of carbonyl (C=O) groups is 1. The zero-order valence-corrected chi connectivity index (χ0v) is 13.3. The lowest BCUT2D eigenvalue weighted by Gasteiger charge is -2.45. The predicted molar refractivity (Wildman–Crippen MR) is 81.1 cm³/mol. The predicted octanol–water partition coefficient (Wildman–Crippen LogP) is 4.04. The van der Waals surface area contributed by atoms with Crippen LogP contribution in [-0.4, -0.2) is 33.4 Å². The highest BCUT2D eigenvalue weighted by Gasteiger charge is 2.50. The van der Waals surface area contributed by atoms with Crippen molar-refractivity contribution in [1.82, 2.24) is 4.90 Å². The summed E-state index contributed by atoms with van der Waals surface area (Å²) in [6.07, 6.45) is 0.653. The van der Waals surface area contributed by atoms with Gasteiger partial charge in [-0.1, -0.05) is 17.7 Å². The van der Waals surface area contributed by atoms with Gasteiger partial charge in [-0.25, -0.2) is 4.39 Å². The number of carbonyl (C=O) groups excluding carboxylic acids is 1. The molecule has 1 amide bonds. The topological polar surface area (TPSA) is 20.3 Å². The first-order valence-electron chi connectivity index (χ1n) is 6.15. The number of nitrogens with zero attached hydrogens (tertiary/aromatic N) is 1. The van der Waals surface area contributed by atoms with Gasteiger partial charge in [0.1, 0.15) is 11.2 Å². The van der Waals surface area contributed by atoms with Gasteiger partial charge in [0.2, 0.25) is 5.91 Å². The van der Waals surface area contributed by atoms with Gasteiger partial charge < -0.3 is 4.90 Å². The number of thioether (sulfide) groups is 1. The SMILES string of the molecule is O=C1CSC(c2c(F)cccc2Cl)N1C1C(Cl)CC1Cl. The van der Waals surface area contributed by atoms with Gasteiger partial charge in [-0.15, -0.1) is 35.0 Å². The Morgan fingerprint density at radius 3 is 2.60 bits per heavy atom. The number of alkyl halides is 2. The fourth-order valence-corrected chi connectivity index (χ4v) is 5.35. The molecule has 2 aliphatic rings. The van der Waals surface area contributed by atoms with Crippen LogP contribution in [0.2, 0.25) is 5.02 Å². The number of hydrogen-bond donors (Lipinski definition) is 0. The Morgan fingerprint density at radius 2 is 2.00 bits per heavy atom. The van der Waals surface area contributed by atoms with E-state index in [1.54, 1.807) is 17.0 Å². The summed E-state index contributed by atoms with van der Waals surface area (Å²) in [7, 11) is 0. The van der Waals surface area contributed by atoms with E-state index in [-0.39, 0.29) is 22.7 Å². The molecule has 2 fully saturated rings. The molecule has 1 aromatic carbocycles. The molecule has 3 atom stereocenters. The third-order valence-corrected chi connectivity index (χ3v) is 6.06. The van der Waals surface area contributed by atoms with Crippen LogP contribution in [-0.2, 0) is 4.79 Å². The number of rotatable bonds is 2. The first kappa shape index (κ1) is 14.8. The van der Waals surface area contributed by atoms with Crippen LogP contribution in [0.1, 0.15) is 17.4 Å². The molecule has 20 heavy (non-hydrogen) atoms. The Kier molecular flexibility index (Phi) is 4.10. The van der Waals surface area contributed by atoms with E-state index in [1.807, 2.05) is 0 Å². The summed E-state index contributed by atoms with van der Waals surface area (Å²) in [6, 6.07) is 4.25. The van der Waals surface area contributed by atoms with E-state index in [1.165, 1.54) is 17.8 Å². The summed E-state index contributed by atoms with van der Waals surface area (Å²) in [5, 5.41) is -0.510. The van der Waals surface area contributed by atoms with Crippen LogP contribution in [0.5, 0.6) is 0 Å². The van der Waals surface area contributed by atoms with Crippen molar-refractivity contribution in [1.29, 1.82) is 0 Å². The van der Waals surface area contributed by atoms with Gasteiger partial charge in [0.25, 0.3) is 0 Å². The van der Waals surface area contributed by atoms with E-state index < -0.39 is 11.2 Å². The summed E-state index contributed by atoms with van der Waals surface area (Å²) in [5.74, 6) is -0.189. The Balaban J connectivity index is 1.98. The maximum absolute atomic E-state index is 14.1. The van der Waals surface area contributed by atoms with Crippen molar-refractivity contribution in [2.45, 2.75) is 28.6 Å². The molecule has 2 nitrogen and oxygen atoms in total. The fraction of sp³-hybridized carbons (Fsp3) is 0.462. The van der Waals surface area contributed by atoms with Crippen molar-refractivity contribution in [3.05, 3.63) is 34.6 Å². The second kappa shape index (κ2) is 5.56. The van der Waals surface area contributed by atoms with E-state index in [0.29, 0.717) is 22.8 Å². The van der Waals surface area contributed by atoms with Gasteiger partial charge in [0.15, 0.2) is 0 Å². The Hall–Kier alpha value is -0.160. The Labute approximate surface area is 135 Å². The molecule has 3 unspecified atom stereocenters. The quantitative estimate of drug-likeness (QED) is 0.747. The minimum absolute atomic E-state index is 0.0691. The number of benzene rings is 1. The van der Waals surface area contributed by atoms with Crippen LogP contribution in [0.3, 0.4) is 0 Å². The standard InChI is InChI=1S/C13H11Cl3FNOS/c14-6-2-1-3-9(17)11(6)13-18(10(19)5-20-13)12-7(15)4-8(12)16/h1-3,7-8,12-13H,4-5H2. The molecule has 0 radical (unpaired) electrons. The normalized spacial score (nSPS) is 33.4. The molecule has 1 aromatic rings. The summed E-state index contributed by atoms with van der Waals surface area (Å²) in [4.78, 5) is 13.7. The van der Waals surface area contributed by atoms with Crippen molar-refractivity contribution in [3.63, 3.8) is 0 Å². The van der Waals surface area contributed by atoms with Crippen LogP contribution < -0.4 is 0 Å². The first-order chi connectivity index (χ1) is 9.50. The zero-order chi connectivity index (χ0) is 14.4. The molecule has 0 N–H and O–H groups in total. The van der Waals surface area contributed by atoms with Gasteiger partial charge in [-0.2, -0.15) is 0 Å². The molecule has 0 bridgehead atoms. The molecular formula is C13H11Cl3FNOS. The fourth-order valence-electron chi connectivity index (χ4n) is 2.60. The van der Waals surface area contributed by atoms with Crippen LogP contribution in [0, 0.1) is 5.82 Å². The van der Waals surface area contributed by atoms with Gasteiger partial charge in [-0.3, -0.25) is 4.79 Å². The largest absolute Gasteiger partial charge is 0.320 e. The van der Waals surface area contributed by atoms with Crippen molar-refractivity contribution in [3.8, 4) is 0 Å². The molecule has 1 aliphatic carbocycles. The summed E-state index contributed by atoms with van der Waals surface area (Å²) in [6.45, 7) is 0. The minimum atomic E-state index is -0.455. The molecule has 1 saturated heterocycles. The lowest BCUT2D eigenvalue weighted by Crippen LogP contribution is -2.57. The molecule has 1 aliphatic heterocycles. The number of hydrogen-bond acceptors (Lipinski definition) is 2. The second-order valence-corrected chi connectivity index (χ2v) is 7.45. The van der Waals surface area contributed by atoms with Crippen molar-refractivity contribution >= 4 is 52.5 Å². The van der Waals surface area contributed by atoms with Crippen molar-refractivity contribution in [2.75, 3.05) is 5.75 Å². The zero-order valence-electron chi connectivity index (χ0n) is 10.2. The molecule has 108 valence electrons. The average Bonchev–Trinajstić information content (AvgIpc) is 2.72. The molecule has 0 spiro atoms. The molecular weight excluding hydrogens is 344 g/mol. The molecule has 1 heterocycles. The summed E-state index contributed by atoms with van der Waals surface area (Å²) < 4.78 is 14.1. The third-order valence-electron chi connectivity index (χ3n) is 3.66. The van der Waals surface area contributed by atoms with Crippen LogP contribution in [0.15, 0.2) is 18.2 Å². The van der Waals surface area contributed by atoms with Gasteiger partial charge in [0, 0.05) is 10.6 Å². The summed E-state index contributed by atoms with van der Waals surface area (Å²) >= 11 is 19.8. The molecule has 3 rings (SSSR count). The average molecular weight is 355 g/mol. The maximum atomic E-state index is 14.1. The minimum Gasteiger partial charge on any atom is -0.320 e. The smallest absolute Gasteiger partial charge is 0.234 e. The Bertz CT molecular complexity index is 530. The van der Waals surface area contributed by atoms with E-state index in [2.05, 4.69) is 0 Å². The number of halogens is 4. The van der Waals surface area contributed by atoms with Crippen LogP contribution >= 0.6 is 46.6 Å². The van der Waals surface area contributed by atoms with E-state index in [9.17, 15) is 9.18 Å². The van der Waals surface area contributed by atoms with Gasteiger partial charge >= 0.3 is 0 Å². The lowest BCUT2D eigenvalue weighted by atomic mass is 9.89. The van der Waals surface area contributed by atoms with Gasteiger partial charge in [-0.05, 0) is 18.6 Å². The first-order valence-corrected chi connectivity index (χ1v) is 8.45. The molecule has 1 saturated carbocycles. The second-order valence-electron chi connectivity index (χ2n) is 4.86. The highest BCUT2D eigenvalue weighted by atomic mass is 35.5. The van der Waals surface area contributed by atoms with Crippen LogP contribution in [0.25, 0.3) is 0 Å². The number of amides is 1. The third kappa shape index (κ3) is 2.31. The maximum Gasteiger partial charge on any atom is 0.234 e. The monoisotopic (exact) mass is 353 g/mol. The van der Waals surface area contributed by atoms with E-state index in [0.717, 1.165) is 0 Å². The lowest BCUT2D eigenvalue weighted by molar-refractivity contribution is -0.131. The van der Waals surface area contributed by atoms with Crippen LogP contribution in [0.4, 0.5) is 4.39 Å².